The molecule has 0 radical (unpaired) electrons. The van der Waals surface area contributed by atoms with Crippen LogP contribution in [0.4, 0.5) is 5.69 Å². The number of pyridine rings is 1. The van der Waals surface area contributed by atoms with Gasteiger partial charge < -0.3 is 14.5 Å². The van der Waals surface area contributed by atoms with Crippen molar-refractivity contribution in [2.45, 2.75) is 24.3 Å². The lowest BCUT2D eigenvalue weighted by Gasteiger charge is -2.18. The van der Waals surface area contributed by atoms with Crippen molar-refractivity contribution in [1.29, 1.82) is 0 Å². The number of methoxy groups -OCH3 is 1. The Labute approximate surface area is 196 Å². The monoisotopic (exact) mass is 480 g/mol. The third kappa shape index (κ3) is 4.27. The summed E-state index contributed by atoms with van der Waals surface area (Å²) in [6, 6.07) is 10.2. The zero-order chi connectivity index (χ0) is 23.7. The van der Waals surface area contributed by atoms with Gasteiger partial charge in [0.05, 0.1) is 31.2 Å². The molecular formula is C23H24N6O4S. The average Bonchev–Trinajstić information content (AvgIpc) is 3.60. The first-order valence-electron chi connectivity index (χ1n) is 10.9. The number of aromatic nitrogens is 4. The third-order valence-electron chi connectivity index (χ3n) is 5.74. The standard InChI is InChI=1S/C23H24N6O4S/c1-33-20-8-7-17(12-21(20)34(31,32)29-10-4-5-11-29)23(30)26-18-13-24-28(15-18)16-19-14-27-9-3-2-6-22(27)25-19/h2-3,6-9,12-15H,4-5,10-11,16H2,1H3,(H,26,30). The second kappa shape index (κ2) is 8.92. The van der Waals surface area contributed by atoms with Gasteiger partial charge in [0.15, 0.2) is 0 Å². The van der Waals surface area contributed by atoms with E-state index < -0.39 is 15.9 Å². The van der Waals surface area contributed by atoms with Gasteiger partial charge in [0, 0.05) is 37.2 Å². The number of imidazole rings is 1. The van der Waals surface area contributed by atoms with Gasteiger partial charge in [-0.2, -0.15) is 9.40 Å². The molecule has 1 saturated heterocycles. The Morgan fingerprint density at radius 2 is 1.97 bits per heavy atom. The molecule has 11 heteroatoms. The van der Waals surface area contributed by atoms with Gasteiger partial charge in [-0.15, -0.1) is 0 Å². The van der Waals surface area contributed by atoms with Crippen molar-refractivity contribution >= 4 is 27.3 Å². The van der Waals surface area contributed by atoms with E-state index in [2.05, 4.69) is 15.4 Å². The molecule has 0 spiro atoms. The number of nitrogens with one attached hydrogen (secondary N) is 1. The minimum atomic E-state index is -3.75. The maximum absolute atomic E-state index is 13.1. The number of ether oxygens (including phenoxy) is 1. The van der Waals surface area contributed by atoms with Crippen LogP contribution in [0.25, 0.3) is 5.65 Å². The molecule has 1 N–H and O–H groups in total. The molecule has 1 aliphatic rings. The summed E-state index contributed by atoms with van der Waals surface area (Å²) in [6.07, 6.45) is 8.73. The molecule has 0 unspecified atom stereocenters. The molecule has 10 nitrogen and oxygen atoms in total. The number of rotatable bonds is 7. The third-order valence-corrected chi connectivity index (χ3v) is 7.66. The predicted octanol–water partition coefficient (Wildman–Crippen LogP) is 2.62. The lowest BCUT2D eigenvalue weighted by Crippen LogP contribution is -2.28. The summed E-state index contributed by atoms with van der Waals surface area (Å²) >= 11 is 0. The van der Waals surface area contributed by atoms with Crippen LogP contribution >= 0.6 is 0 Å². The van der Waals surface area contributed by atoms with E-state index in [4.69, 9.17) is 4.74 Å². The van der Waals surface area contributed by atoms with Crippen molar-refractivity contribution < 1.29 is 17.9 Å². The lowest BCUT2D eigenvalue weighted by molar-refractivity contribution is 0.102. The van der Waals surface area contributed by atoms with Crippen LogP contribution in [-0.4, -0.2) is 58.0 Å². The van der Waals surface area contributed by atoms with E-state index in [0.717, 1.165) is 24.2 Å². The number of amides is 1. The quantitative estimate of drug-likeness (QED) is 0.435. The van der Waals surface area contributed by atoms with Gasteiger partial charge in [-0.3, -0.25) is 9.48 Å². The Bertz CT molecular complexity index is 1420. The molecule has 1 fully saturated rings. The summed E-state index contributed by atoms with van der Waals surface area (Å²) in [5, 5.41) is 7.07. The highest BCUT2D eigenvalue weighted by atomic mass is 32.2. The van der Waals surface area contributed by atoms with E-state index in [1.165, 1.54) is 29.6 Å². The van der Waals surface area contributed by atoms with Crippen molar-refractivity contribution in [1.82, 2.24) is 23.5 Å². The zero-order valence-electron chi connectivity index (χ0n) is 18.6. The number of fused-ring (bicyclic) bond motifs is 1. The fourth-order valence-corrected chi connectivity index (χ4v) is 5.73. The molecule has 176 valence electrons. The number of carbonyl (C=O) groups excluding carboxylic acids is 1. The van der Waals surface area contributed by atoms with E-state index in [0.29, 0.717) is 25.3 Å². The fourth-order valence-electron chi connectivity index (χ4n) is 4.03. The first kappa shape index (κ1) is 22.1. The molecule has 1 aliphatic heterocycles. The SMILES string of the molecule is COc1ccc(C(=O)Nc2cnn(Cc3cn4ccccc4n3)c2)cc1S(=O)(=O)N1CCCC1. The molecule has 3 aromatic heterocycles. The maximum Gasteiger partial charge on any atom is 0.255 e. The summed E-state index contributed by atoms with van der Waals surface area (Å²) in [6.45, 7) is 1.37. The van der Waals surface area contributed by atoms with Crippen molar-refractivity contribution in [3.63, 3.8) is 0 Å². The van der Waals surface area contributed by atoms with Gasteiger partial charge in [0.2, 0.25) is 10.0 Å². The van der Waals surface area contributed by atoms with E-state index in [1.807, 2.05) is 35.0 Å². The van der Waals surface area contributed by atoms with Gasteiger partial charge >= 0.3 is 0 Å². The number of nitrogens with zero attached hydrogens (tertiary/aromatic N) is 5. The zero-order valence-corrected chi connectivity index (χ0v) is 19.4. The van der Waals surface area contributed by atoms with Crippen molar-refractivity contribution in [3.8, 4) is 5.75 Å². The van der Waals surface area contributed by atoms with Crippen molar-refractivity contribution in [3.05, 3.63) is 72.4 Å². The van der Waals surface area contributed by atoms with Gasteiger partial charge in [-0.1, -0.05) is 6.07 Å². The highest BCUT2D eigenvalue weighted by Crippen LogP contribution is 2.30. The Balaban J connectivity index is 1.33. The number of hydrogen-bond donors (Lipinski definition) is 1. The van der Waals surface area contributed by atoms with E-state index in [9.17, 15) is 13.2 Å². The second-order valence-electron chi connectivity index (χ2n) is 8.06. The van der Waals surface area contributed by atoms with Gasteiger partial charge in [0.1, 0.15) is 16.3 Å². The Kier molecular flexibility index (Phi) is 5.80. The molecule has 0 aliphatic carbocycles. The van der Waals surface area contributed by atoms with E-state index >= 15 is 0 Å². The fraction of sp³-hybridized carbons (Fsp3) is 0.261. The van der Waals surface area contributed by atoms with Crippen LogP contribution in [0, 0.1) is 0 Å². The minimum Gasteiger partial charge on any atom is -0.495 e. The highest BCUT2D eigenvalue weighted by molar-refractivity contribution is 7.89. The molecule has 4 heterocycles. The lowest BCUT2D eigenvalue weighted by atomic mass is 10.2. The molecule has 0 saturated carbocycles. The van der Waals surface area contributed by atoms with Gasteiger partial charge in [-0.05, 0) is 43.2 Å². The topological polar surface area (TPSA) is 111 Å². The first-order chi connectivity index (χ1) is 16.4. The summed E-state index contributed by atoms with van der Waals surface area (Å²) in [5.41, 5.74) is 2.39. The van der Waals surface area contributed by atoms with Crippen LogP contribution in [0.3, 0.4) is 0 Å². The molecular weight excluding hydrogens is 456 g/mol. The predicted molar refractivity (Wildman–Crippen MR) is 125 cm³/mol. The molecule has 1 aromatic carbocycles. The van der Waals surface area contributed by atoms with Gasteiger partial charge in [0.25, 0.3) is 5.91 Å². The van der Waals surface area contributed by atoms with Gasteiger partial charge in [-0.25, -0.2) is 13.4 Å². The normalized spacial score (nSPS) is 14.5. The number of sulfonamides is 1. The van der Waals surface area contributed by atoms with Crippen LogP contribution in [-0.2, 0) is 16.6 Å². The number of carbonyl (C=O) groups is 1. The minimum absolute atomic E-state index is 0.00732. The summed E-state index contributed by atoms with van der Waals surface area (Å²) in [4.78, 5) is 17.4. The summed E-state index contributed by atoms with van der Waals surface area (Å²) in [7, 11) is -2.34. The van der Waals surface area contributed by atoms with Crippen LogP contribution in [0.5, 0.6) is 5.75 Å². The van der Waals surface area contributed by atoms with Crippen molar-refractivity contribution in [2.75, 3.05) is 25.5 Å². The number of anilines is 1. The Hall–Kier alpha value is -3.70. The maximum atomic E-state index is 13.1. The largest absolute Gasteiger partial charge is 0.495 e. The number of hydrogen-bond acceptors (Lipinski definition) is 6. The first-order valence-corrected chi connectivity index (χ1v) is 12.3. The van der Waals surface area contributed by atoms with E-state index in [1.54, 1.807) is 17.1 Å². The molecule has 5 rings (SSSR count). The van der Waals surface area contributed by atoms with Crippen LogP contribution in [0.2, 0.25) is 0 Å². The summed E-state index contributed by atoms with van der Waals surface area (Å²) in [5.74, 6) is -0.225. The second-order valence-corrected chi connectivity index (χ2v) is 9.96. The Morgan fingerprint density at radius 1 is 1.15 bits per heavy atom. The average molecular weight is 481 g/mol. The van der Waals surface area contributed by atoms with Crippen LogP contribution in [0.1, 0.15) is 28.9 Å². The van der Waals surface area contributed by atoms with Crippen molar-refractivity contribution in [2.24, 2.45) is 0 Å². The molecule has 0 bridgehead atoms. The summed E-state index contributed by atoms with van der Waals surface area (Å²) < 4.78 is 36.5. The van der Waals surface area contributed by atoms with E-state index in [-0.39, 0.29) is 16.2 Å². The molecule has 4 aromatic rings. The van der Waals surface area contributed by atoms with Crippen LogP contribution in [0.15, 0.2) is 66.1 Å². The Morgan fingerprint density at radius 3 is 2.74 bits per heavy atom. The van der Waals surface area contributed by atoms with Crippen LogP contribution < -0.4 is 10.1 Å². The number of benzene rings is 1. The highest BCUT2D eigenvalue weighted by Gasteiger charge is 2.30. The molecule has 0 atom stereocenters. The molecule has 34 heavy (non-hydrogen) atoms. The molecule has 1 amide bonds. The smallest absolute Gasteiger partial charge is 0.255 e.